The van der Waals surface area contributed by atoms with Crippen LogP contribution in [-0.2, 0) is 15.1 Å². The lowest BCUT2D eigenvalue weighted by atomic mass is 9.55. The Labute approximate surface area is 172 Å². The molecule has 3 aliphatic rings. The largest absolute Gasteiger partial charge is 0.324 e. The minimum atomic E-state index is -0.932. The molecule has 3 atom stereocenters. The highest BCUT2D eigenvalue weighted by atomic mass is 16.2. The Morgan fingerprint density at radius 2 is 1.66 bits per heavy atom. The lowest BCUT2D eigenvalue weighted by Crippen LogP contribution is -2.59. The number of fused-ring (bicyclic) bond motifs is 3. The van der Waals surface area contributed by atoms with E-state index in [1.165, 1.54) is 5.56 Å². The van der Waals surface area contributed by atoms with Crippen LogP contribution < -0.4 is 5.32 Å². The molecule has 5 rings (SSSR count). The number of nitrogens with one attached hydrogen (secondary N) is 1. The minimum Gasteiger partial charge on any atom is -0.324 e. The summed E-state index contributed by atoms with van der Waals surface area (Å²) in [6.07, 6.45) is 5.46. The summed E-state index contributed by atoms with van der Waals surface area (Å²) in [6, 6.07) is 18.3. The molecule has 150 valence electrons. The van der Waals surface area contributed by atoms with Crippen molar-refractivity contribution in [2.24, 2.45) is 5.41 Å². The summed E-state index contributed by atoms with van der Waals surface area (Å²) in [5.41, 5.74) is 1.33. The molecule has 2 heterocycles. The van der Waals surface area contributed by atoms with E-state index < -0.39 is 11.0 Å². The van der Waals surface area contributed by atoms with Gasteiger partial charge >= 0.3 is 0 Å². The smallest absolute Gasteiger partial charge is 0.250 e. The fourth-order valence-electron chi connectivity index (χ4n) is 6.46. The predicted molar refractivity (Wildman–Crippen MR) is 114 cm³/mol. The second-order valence-corrected chi connectivity index (χ2v) is 8.86. The number of likely N-dealkylation sites (N-methyl/N-ethyl adjacent to an activating group) is 1. The first-order valence-corrected chi connectivity index (χ1v) is 10.8. The van der Waals surface area contributed by atoms with Crippen LogP contribution in [0.25, 0.3) is 0 Å². The first-order valence-electron chi connectivity index (χ1n) is 10.8. The average Bonchev–Trinajstić information content (AvgIpc) is 3.18. The topological polar surface area (TPSA) is 49.4 Å². The Morgan fingerprint density at radius 3 is 2.48 bits per heavy atom. The van der Waals surface area contributed by atoms with Crippen molar-refractivity contribution < 1.29 is 9.59 Å². The Morgan fingerprint density at radius 1 is 0.931 bits per heavy atom. The van der Waals surface area contributed by atoms with E-state index in [1.54, 1.807) is 0 Å². The highest BCUT2D eigenvalue weighted by molar-refractivity contribution is 6.11. The van der Waals surface area contributed by atoms with Crippen LogP contribution in [0.15, 0.2) is 54.6 Å². The summed E-state index contributed by atoms with van der Waals surface area (Å²) in [5, 5.41) is 3.13. The molecule has 2 aromatic rings. The SMILES string of the molecule is CN1C[C@H](c2ccccc2)[C@@]2(CCCCCCC2=O)[C@]12C(=O)Nc1ccccc12. The third-order valence-electron chi connectivity index (χ3n) is 7.59. The van der Waals surface area contributed by atoms with Crippen LogP contribution in [-0.4, -0.2) is 30.2 Å². The Kier molecular flexibility index (Phi) is 4.36. The Balaban J connectivity index is 1.80. The molecular formula is C25H28N2O2. The molecule has 29 heavy (non-hydrogen) atoms. The predicted octanol–water partition coefficient (Wildman–Crippen LogP) is 4.47. The van der Waals surface area contributed by atoms with Gasteiger partial charge in [-0.15, -0.1) is 0 Å². The Hall–Kier alpha value is -2.46. The third-order valence-corrected chi connectivity index (χ3v) is 7.59. The summed E-state index contributed by atoms with van der Waals surface area (Å²) in [5.74, 6) is 0.243. The summed E-state index contributed by atoms with van der Waals surface area (Å²) in [6.45, 7) is 0.706. The number of carbonyl (C=O) groups excluding carboxylic acids is 2. The molecule has 1 aliphatic carbocycles. The maximum absolute atomic E-state index is 14.0. The van der Waals surface area contributed by atoms with Crippen molar-refractivity contribution in [2.75, 3.05) is 18.9 Å². The number of hydrogen-bond donors (Lipinski definition) is 1. The number of anilines is 1. The maximum Gasteiger partial charge on any atom is 0.250 e. The summed E-state index contributed by atoms with van der Waals surface area (Å²) >= 11 is 0. The number of Topliss-reactive ketones (excluding diaryl/α,β-unsaturated/α-hetero) is 1. The van der Waals surface area contributed by atoms with Crippen molar-refractivity contribution in [1.82, 2.24) is 4.90 Å². The zero-order valence-electron chi connectivity index (χ0n) is 17.0. The normalized spacial score (nSPS) is 32.2. The van der Waals surface area contributed by atoms with Crippen LogP contribution in [0.4, 0.5) is 5.69 Å². The molecule has 1 saturated heterocycles. The Bertz CT molecular complexity index is 956. The van der Waals surface area contributed by atoms with Crippen LogP contribution >= 0.6 is 0 Å². The van der Waals surface area contributed by atoms with Crippen molar-refractivity contribution in [3.8, 4) is 0 Å². The van der Waals surface area contributed by atoms with E-state index in [2.05, 4.69) is 22.3 Å². The van der Waals surface area contributed by atoms with Gasteiger partial charge in [-0.25, -0.2) is 0 Å². The zero-order valence-corrected chi connectivity index (χ0v) is 17.0. The monoisotopic (exact) mass is 388 g/mol. The number of hydrogen-bond acceptors (Lipinski definition) is 3. The van der Waals surface area contributed by atoms with Crippen LogP contribution in [0.5, 0.6) is 0 Å². The maximum atomic E-state index is 14.0. The fourth-order valence-corrected chi connectivity index (χ4v) is 6.46. The highest BCUT2D eigenvalue weighted by Crippen LogP contribution is 2.65. The fraction of sp³-hybridized carbons (Fsp3) is 0.440. The van der Waals surface area contributed by atoms with Crippen LogP contribution in [0.1, 0.15) is 55.6 Å². The van der Waals surface area contributed by atoms with Gasteiger partial charge in [0.25, 0.3) is 5.91 Å². The van der Waals surface area contributed by atoms with E-state index in [1.807, 2.05) is 49.5 Å². The molecule has 1 saturated carbocycles. The molecule has 1 N–H and O–H groups in total. The van der Waals surface area contributed by atoms with E-state index in [0.29, 0.717) is 13.0 Å². The van der Waals surface area contributed by atoms with Crippen molar-refractivity contribution in [2.45, 2.75) is 50.0 Å². The molecule has 2 aliphatic heterocycles. The molecule has 2 fully saturated rings. The summed E-state index contributed by atoms with van der Waals surface area (Å²) < 4.78 is 0. The van der Waals surface area contributed by atoms with Gasteiger partial charge in [-0.1, -0.05) is 67.8 Å². The number of nitrogens with zero attached hydrogens (tertiary/aromatic N) is 1. The van der Waals surface area contributed by atoms with Gasteiger partial charge in [-0.3, -0.25) is 14.5 Å². The lowest BCUT2D eigenvalue weighted by Gasteiger charge is -2.47. The second-order valence-electron chi connectivity index (χ2n) is 8.86. The number of para-hydroxylation sites is 1. The molecule has 4 heteroatoms. The van der Waals surface area contributed by atoms with Gasteiger partial charge in [0.15, 0.2) is 0 Å². The second kappa shape index (κ2) is 6.81. The van der Waals surface area contributed by atoms with E-state index in [0.717, 1.165) is 43.4 Å². The molecule has 0 bridgehead atoms. The highest BCUT2D eigenvalue weighted by Gasteiger charge is 2.72. The van der Waals surface area contributed by atoms with E-state index in [4.69, 9.17) is 0 Å². The van der Waals surface area contributed by atoms with Crippen LogP contribution in [0.3, 0.4) is 0 Å². The number of amides is 1. The molecule has 0 radical (unpaired) electrons. The van der Waals surface area contributed by atoms with Crippen LogP contribution in [0.2, 0.25) is 0 Å². The minimum absolute atomic E-state index is 0.0104. The van der Waals surface area contributed by atoms with Crippen molar-refractivity contribution in [3.63, 3.8) is 0 Å². The van der Waals surface area contributed by atoms with Gasteiger partial charge in [0.1, 0.15) is 11.3 Å². The van der Waals surface area contributed by atoms with Gasteiger partial charge in [-0.05, 0) is 31.5 Å². The molecule has 2 spiro atoms. The van der Waals surface area contributed by atoms with Gasteiger partial charge in [-0.2, -0.15) is 0 Å². The van der Waals surface area contributed by atoms with Crippen LogP contribution in [0, 0.1) is 5.41 Å². The van der Waals surface area contributed by atoms with Crippen molar-refractivity contribution in [1.29, 1.82) is 0 Å². The van der Waals surface area contributed by atoms with E-state index in [-0.39, 0.29) is 17.6 Å². The van der Waals surface area contributed by atoms with Gasteiger partial charge in [0.2, 0.25) is 0 Å². The standard InChI is InChI=1S/C25H28N2O2/c1-27-17-20(18-11-5-4-6-12-18)24(16-10-3-2-7-15-22(24)28)25(27)19-13-8-9-14-21(19)26-23(25)29/h4-6,8-9,11-14,20H,2-3,7,10,15-17H2,1H3,(H,26,29)/t20-,24-,25+/m1/s1. The molecular weight excluding hydrogens is 360 g/mol. The first kappa shape index (κ1) is 18.6. The molecule has 4 nitrogen and oxygen atoms in total. The third kappa shape index (κ3) is 2.35. The molecule has 1 amide bonds. The average molecular weight is 389 g/mol. The number of ketones is 1. The summed E-state index contributed by atoms with van der Waals surface area (Å²) in [7, 11) is 2.03. The quantitative estimate of drug-likeness (QED) is 0.784. The van der Waals surface area contributed by atoms with Crippen molar-refractivity contribution >= 4 is 17.4 Å². The van der Waals surface area contributed by atoms with E-state index in [9.17, 15) is 9.59 Å². The molecule has 0 aromatic heterocycles. The van der Waals surface area contributed by atoms with Gasteiger partial charge in [0, 0.05) is 30.1 Å². The molecule has 2 aromatic carbocycles. The van der Waals surface area contributed by atoms with Gasteiger partial charge < -0.3 is 5.32 Å². The number of carbonyl (C=O) groups is 2. The lowest BCUT2D eigenvalue weighted by molar-refractivity contribution is -0.146. The number of rotatable bonds is 1. The van der Waals surface area contributed by atoms with E-state index >= 15 is 0 Å². The van der Waals surface area contributed by atoms with Crippen molar-refractivity contribution in [3.05, 3.63) is 65.7 Å². The van der Waals surface area contributed by atoms with Gasteiger partial charge in [0.05, 0.1) is 5.41 Å². The summed E-state index contributed by atoms with van der Waals surface area (Å²) in [4.78, 5) is 30.0. The number of likely N-dealkylation sites (tertiary alicyclic amines) is 1. The number of benzene rings is 2. The first-order chi connectivity index (χ1) is 14.1. The zero-order chi connectivity index (χ0) is 20.1. The molecule has 0 unspecified atom stereocenters.